The number of nitrogens with zero attached hydrogens (tertiary/aromatic N) is 1. The Balaban J connectivity index is 2.42. The molecule has 0 amide bonds. The highest BCUT2D eigenvalue weighted by molar-refractivity contribution is 5.27. The molecule has 0 aromatic heterocycles. The third-order valence-electron chi connectivity index (χ3n) is 3.43. The summed E-state index contributed by atoms with van der Waals surface area (Å²) in [5.74, 6) is 0.933. The summed E-state index contributed by atoms with van der Waals surface area (Å²) in [6.45, 7) is 17.0. The third-order valence-corrected chi connectivity index (χ3v) is 3.43. The Morgan fingerprint density at radius 2 is 1.90 bits per heavy atom. The van der Waals surface area contributed by atoms with Crippen molar-refractivity contribution in [2.24, 2.45) is 0 Å². The lowest BCUT2D eigenvalue weighted by atomic mass is 10.1. The van der Waals surface area contributed by atoms with Crippen molar-refractivity contribution in [2.75, 3.05) is 26.2 Å². The van der Waals surface area contributed by atoms with Crippen LogP contribution in [0.25, 0.3) is 0 Å². The van der Waals surface area contributed by atoms with Crippen LogP contribution in [0.15, 0.2) is 36.9 Å². The van der Waals surface area contributed by atoms with Crippen molar-refractivity contribution in [3.8, 4) is 5.75 Å². The molecule has 0 heterocycles. The molecule has 0 saturated carbocycles. The number of ether oxygens (including phenoxy) is 1. The molecule has 1 rings (SSSR count). The lowest BCUT2D eigenvalue weighted by molar-refractivity contribution is 0.126. The maximum atomic E-state index is 5.84. The lowest BCUT2D eigenvalue weighted by Crippen LogP contribution is -2.43. The third kappa shape index (κ3) is 6.78. The van der Waals surface area contributed by atoms with E-state index >= 15 is 0 Å². The van der Waals surface area contributed by atoms with Gasteiger partial charge in [0.25, 0.3) is 0 Å². The fourth-order valence-electron chi connectivity index (χ4n) is 2.10. The summed E-state index contributed by atoms with van der Waals surface area (Å²) < 4.78 is 5.84. The average Bonchev–Trinajstić information content (AvgIpc) is 2.44. The molecule has 1 aromatic carbocycles. The van der Waals surface area contributed by atoms with Gasteiger partial charge in [0, 0.05) is 25.2 Å². The van der Waals surface area contributed by atoms with Crippen LogP contribution in [0.5, 0.6) is 5.75 Å². The number of benzene rings is 1. The van der Waals surface area contributed by atoms with Gasteiger partial charge in [0.15, 0.2) is 0 Å². The summed E-state index contributed by atoms with van der Waals surface area (Å²) in [6, 6.07) is 8.32. The quantitative estimate of drug-likeness (QED) is 0.705. The van der Waals surface area contributed by atoms with Crippen molar-refractivity contribution in [1.82, 2.24) is 10.2 Å². The van der Waals surface area contributed by atoms with Gasteiger partial charge in [-0.05, 0) is 45.0 Å². The first-order chi connectivity index (χ1) is 9.97. The zero-order chi connectivity index (χ0) is 15.7. The average molecular weight is 290 g/mol. The number of nitrogens with one attached hydrogen (secondary N) is 1. The van der Waals surface area contributed by atoms with Gasteiger partial charge in [-0.1, -0.05) is 25.1 Å². The minimum Gasteiger partial charge on any atom is -0.492 e. The molecule has 0 fully saturated rings. The van der Waals surface area contributed by atoms with Crippen molar-refractivity contribution in [3.05, 3.63) is 42.5 Å². The Labute approximate surface area is 130 Å². The molecule has 1 aromatic rings. The Bertz CT molecular complexity index is 406. The van der Waals surface area contributed by atoms with E-state index < -0.39 is 0 Å². The Hall–Kier alpha value is -1.32. The first-order valence-electron chi connectivity index (χ1n) is 7.75. The van der Waals surface area contributed by atoms with E-state index in [0.717, 1.165) is 31.9 Å². The molecule has 0 bridgehead atoms. The van der Waals surface area contributed by atoms with Crippen LogP contribution in [0.2, 0.25) is 0 Å². The highest BCUT2D eigenvalue weighted by atomic mass is 16.5. The monoisotopic (exact) mass is 290 g/mol. The normalized spacial score (nSPS) is 11.7. The standard InChI is InChI=1S/C18H30N2O/c1-6-12-20(18(3,4)5)13-14-21-17-10-8-16(9-11-17)15-19-7-2/h6,8-11,19H,1,7,12-15H2,2-5H3. The van der Waals surface area contributed by atoms with E-state index in [-0.39, 0.29) is 5.54 Å². The molecule has 0 saturated heterocycles. The van der Waals surface area contributed by atoms with Crippen LogP contribution >= 0.6 is 0 Å². The van der Waals surface area contributed by atoms with E-state index in [0.29, 0.717) is 6.61 Å². The van der Waals surface area contributed by atoms with E-state index in [1.165, 1.54) is 5.56 Å². The molecule has 0 aliphatic carbocycles. The maximum absolute atomic E-state index is 5.84. The van der Waals surface area contributed by atoms with Crippen molar-refractivity contribution in [1.29, 1.82) is 0 Å². The van der Waals surface area contributed by atoms with Crippen molar-refractivity contribution in [3.63, 3.8) is 0 Å². The lowest BCUT2D eigenvalue weighted by Gasteiger charge is -2.34. The molecular weight excluding hydrogens is 260 g/mol. The first-order valence-corrected chi connectivity index (χ1v) is 7.75. The van der Waals surface area contributed by atoms with Gasteiger partial charge in [-0.15, -0.1) is 6.58 Å². The van der Waals surface area contributed by atoms with E-state index in [2.05, 4.69) is 56.6 Å². The number of hydrogen-bond donors (Lipinski definition) is 1. The molecule has 0 aliphatic rings. The SMILES string of the molecule is C=CCN(CCOc1ccc(CNCC)cc1)C(C)(C)C. The van der Waals surface area contributed by atoms with Gasteiger partial charge in [0.05, 0.1) is 0 Å². The zero-order valence-electron chi connectivity index (χ0n) is 14.0. The molecule has 3 heteroatoms. The molecule has 0 radical (unpaired) electrons. The number of hydrogen-bond acceptors (Lipinski definition) is 3. The fraction of sp³-hybridized carbons (Fsp3) is 0.556. The van der Waals surface area contributed by atoms with Gasteiger partial charge in [0.2, 0.25) is 0 Å². The van der Waals surface area contributed by atoms with Gasteiger partial charge in [-0.25, -0.2) is 0 Å². The second-order valence-electron chi connectivity index (χ2n) is 6.18. The van der Waals surface area contributed by atoms with Crippen LogP contribution in [0.4, 0.5) is 0 Å². The molecule has 0 unspecified atom stereocenters. The second kappa shape index (κ2) is 8.85. The summed E-state index contributed by atoms with van der Waals surface area (Å²) in [5.41, 5.74) is 1.42. The van der Waals surface area contributed by atoms with Gasteiger partial charge in [-0.2, -0.15) is 0 Å². The zero-order valence-corrected chi connectivity index (χ0v) is 14.0. The van der Waals surface area contributed by atoms with Gasteiger partial charge < -0.3 is 10.1 Å². The Kier molecular flexibility index (Phi) is 7.48. The number of rotatable bonds is 9. The van der Waals surface area contributed by atoms with E-state index in [1.54, 1.807) is 0 Å². The highest BCUT2D eigenvalue weighted by Gasteiger charge is 2.19. The Morgan fingerprint density at radius 3 is 2.43 bits per heavy atom. The molecule has 0 atom stereocenters. The molecule has 3 nitrogen and oxygen atoms in total. The topological polar surface area (TPSA) is 24.5 Å². The van der Waals surface area contributed by atoms with Crippen LogP contribution in [-0.2, 0) is 6.54 Å². The molecular formula is C18H30N2O. The Morgan fingerprint density at radius 1 is 1.24 bits per heavy atom. The summed E-state index contributed by atoms with van der Waals surface area (Å²) in [5, 5.41) is 3.32. The summed E-state index contributed by atoms with van der Waals surface area (Å²) in [6.07, 6.45) is 1.95. The van der Waals surface area contributed by atoms with Crippen molar-refractivity contribution in [2.45, 2.75) is 39.8 Å². The largest absolute Gasteiger partial charge is 0.492 e. The summed E-state index contributed by atoms with van der Waals surface area (Å²) in [7, 11) is 0. The van der Waals surface area contributed by atoms with Crippen LogP contribution in [0.3, 0.4) is 0 Å². The molecule has 1 N–H and O–H groups in total. The summed E-state index contributed by atoms with van der Waals surface area (Å²) >= 11 is 0. The molecule has 0 aliphatic heterocycles. The van der Waals surface area contributed by atoms with Crippen molar-refractivity contribution < 1.29 is 4.74 Å². The van der Waals surface area contributed by atoms with E-state index in [9.17, 15) is 0 Å². The molecule has 21 heavy (non-hydrogen) atoms. The van der Waals surface area contributed by atoms with E-state index in [4.69, 9.17) is 4.74 Å². The minimum atomic E-state index is 0.132. The second-order valence-corrected chi connectivity index (χ2v) is 6.18. The molecule has 118 valence electrons. The van der Waals surface area contributed by atoms with Gasteiger partial charge >= 0.3 is 0 Å². The van der Waals surface area contributed by atoms with Gasteiger partial charge in [0.1, 0.15) is 12.4 Å². The summed E-state index contributed by atoms with van der Waals surface area (Å²) in [4.78, 5) is 2.36. The van der Waals surface area contributed by atoms with E-state index in [1.807, 2.05) is 18.2 Å². The minimum absolute atomic E-state index is 0.132. The van der Waals surface area contributed by atoms with Crippen LogP contribution < -0.4 is 10.1 Å². The predicted octanol–water partition coefficient (Wildman–Crippen LogP) is 3.46. The smallest absolute Gasteiger partial charge is 0.119 e. The van der Waals surface area contributed by atoms with Crippen molar-refractivity contribution >= 4 is 0 Å². The predicted molar refractivity (Wildman–Crippen MR) is 90.8 cm³/mol. The molecule has 0 spiro atoms. The highest BCUT2D eigenvalue weighted by Crippen LogP contribution is 2.15. The van der Waals surface area contributed by atoms with Crippen LogP contribution in [0.1, 0.15) is 33.3 Å². The first kappa shape index (κ1) is 17.7. The maximum Gasteiger partial charge on any atom is 0.119 e. The van der Waals surface area contributed by atoms with Crippen LogP contribution in [-0.4, -0.2) is 36.7 Å². The van der Waals surface area contributed by atoms with Gasteiger partial charge in [-0.3, -0.25) is 4.90 Å². The van der Waals surface area contributed by atoms with Crippen LogP contribution in [0, 0.1) is 0 Å². The fourth-order valence-corrected chi connectivity index (χ4v) is 2.10.